The van der Waals surface area contributed by atoms with Crippen LogP contribution < -0.4 is 0 Å². The second-order valence-electron chi connectivity index (χ2n) is 33.9. The Bertz CT molecular complexity index is 9730. The van der Waals surface area contributed by atoms with E-state index < -0.39 is 18.1 Å². The molecule has 0 aliphatic rings. The fourth-order valence-electron chi connectivity index (χ4n) is 19.9. The molecule has 0 aliphatic carbocycles. The van der Waals surface area contributed by atoms with E-state index >= 15 is 0 Å². The minimum Gasteiger partial charge on any atom is -0.456 e. The summed E-state index contributed by atoms with van der Waals surface area (Å²) >= 11 is 0. The van der Waals surface area contributed by atoms with Gasteiger partial charge in [0, 0.05) is 49.0 Å². The summed E-state index contributed by atoms with van der Waals surface area (Å²) in [5.41, 5.74) is 21.2. The van der Waals surface area contributed by atoms with Crippen molar-refractivity contribution in [1.82, 2.24) is 0 Å². The number of rotatable bonds is 9. The number of furan rings is 3. The summed E-state index contributed by atoms with van der Waals surface area (Å²) in [5, 5.41) is 21.5. The maximum Gasteiger partial charge on any atom is 0.143 e. The second kappa shape index (κ2) is 31.3. The molecule has 0 spiro atoms. The third-order valence-corrected chi connectivity index (χ3v) is 25.5. The second-order valence-corrected chi connectivity index (χ2v) is 33.9. The third kappa shape index (κ3) is 13.0. The first-order valence-electron chi connectivity index (χ1n) is 50.8. The molecule has 129 heavy (non-hydrogen) atoms. The molecule has 3 aromatic heterocycles. The maximum atomic E-state index is 8.87. The molecular formula is C126H84O3. The Balaban J connectivity index is 0.000000117. The Morgan fingerprint density at radius 2 is 0.481 bits per heavy atom. The SMILES string of the molecule is [2H]c1c([2H])c([2H])c(-c2c3ccccc3c(-c3ccc4oc5c(-c6cccc(-c7ccccc7)c6)cccc5c4c3)c3ccccc23)c([2H])c1[2H].[2H]c1c([2H])c([2H])c(-c2c3ccccc3c(-c3ccc4oc5c(-c6cccc7ccc8ccccc8c67)cccc5c4c3)c3ccccc23)c([2H])c1[2H].[2H]c1c([2H])c([2H])c(-c2c3ccccc3c(-c3ccc4oc5c(C(C)(C)C)cccc5c4c3)c3ccccc23)c([2H])c1[2H]. The zero-order chi connectivity index (χ0) is 98.8. The first-order valence-corrected chi connectivity index (χ1v) is 43.3. The quantitative estimate of drug-likeness (QED) is 0.107. The van der Waals surface area contributed by atoms with Crippen molar-refractivity contribution < 1.29 is 33.8 Å². The van der Waals surface area contributed by atoms with Gasteiger partial charge in [-0.15, -0.1) is 0 Å². The van der Waals surface area contributed by atoms with E-state index in [9.17, 15) is 0 Å². The van der Waals surface area contributed by atoms with Gasteiger partial charge in [-0.3, -0.25) is 0 Å². The van der Waals surface area contributed by atoms with Gasteiger partial charge in [0.05, 0.1) is 20.6 Å². The standard InChI is InChI=1S/C46H28O.C44H28O.C36H28O/c1-2-13-30(14-3-1)44-34-17-6-8-19-36(34)45(37-20-9-7-18-35(37)44)32-26-27-42-41(28-32)40-23-11-22-39(46(40)47-42)38-21-10-15-31-25-24-29-12-4-5-16-33(29)43(31)38;1-3-13-29(14-4-1)31-17-11-18-32(27-31)34-23-12-24-39-40-28-33(25-26-41(40)45-44(34)39)43-37-21-9-7-19-35(37)42(30-15-5-2-6-16-30)36-20-8-10-22-38(36)43;1-36(2,3)31-19-11-18-29-30-22-24(20-21-32(30)37-35(29)31)34-27-16-9-7-14-25(27)33(23-12-5-4-6-13-23)26-15-8-10-17-28(26)34/h1-28H;1-28H;4-22H,1-3H3/i1D,2D,3D,13D,14D;2D,5D,6D,15D,16D;4D,5D,6D,12D,13D. The fourth-order valence-corrected chi connectivity index (χ4v) is 19.9. The molecule has 26 rings (SSSR count). The van der Waals surface area contributed by atoms with E-state index in [1.807, 2.05) is 158 Å². The van der Waals surface area contributed by atoms with Gasteiger partial charge in [0.1, 0.15) is 33.5 Å². The summed E-state index contributed by atoms with van der Waals surface area (Å²) in [4.78, 5) is 0. The van der Waals surface area contributed by atoms with E-state index in [4.69, 9.17) is 33.8 Å². The molecule has 606 valence electrons. The van der Waals surface area contributed by atoms with Gasteiger partial charge in [0.25, 0.3) is 0 Å². The molecule has 3 heteroatoms. The van der Waals surface area contributed by atoms with Gasteiger partial charge in [-0.1, -0.05) is 433 Å². The molecule has 23 aromatic carbocycles. The molecule has 0 radical (unpaired) electrons. The van der Waals surface area contributed by atoms with E-state index in [2.05, 4.69) is 227 Å². The summed E-state index contributed by atoms with van der Waals surface area (Å²) in [6.45, 7) is 6.57. The van der Waals surface area contributed by atoms with E-state index in [1.54, 1.807) is 0 Å². The molecule has 0 unspecified atom stereocenters. The Morgan fingerprint density at radius 1 is 0.186 bits per heavy atom. The van der Waals surface area contributed by atoms with Crippen LogP contribution in [-0.2, 0) is 5.41 Å². The zero-order valence-corrected chi connectivity index (χ0v) is 70.4. The van der Waals surface area contributed by atoms with Crippen molar-refractivity contribution in [3.05, 3.63) is 460 Å². The number of fused-ring (bicyclic) bond motifs is 18. The third-order valence-electron chi connectivity index (χ3n) is 25.5. The summed E-state index contributed by atoms with van der Waals surface area (Å²) < 4.78 is 148. The minimum absolute atomic E-state index is 0.0676. The smallest absolute Gasteiger partial charge is 0.143 e. The van der Waals surface area contributed by atoms with Crippen LogP contribution in [-0.4, -0.2) is 0 Å². The molecule has 3 heterocycles. The molecule has 0 aliphatic heterocycles. The van der Waals surface area contributed by atoms with Gasteiger partial charge in [-0.2, -0.15) is 0 Å². The van der Waals surface area contributed by atoms with E-state index in [1.165, 1.54) is 21.5 Å². The van der Waals surface area contributed by atoms with Gasteiger partial charge in [0.15, 0.2) is 0 Å². The molecule has 0 fully saturated rings. The van der Waals surface area contributed by atoms with Crippen LogP contribution in [0.1, 0.15) is 46.9 Å². The zero-order valence-electron chi connectivity index (χ0n) is 85.4. The van der Waals surface area contributed by atoms with Crippen LogP contribution >= 0.6 is 0 Å². The van der Waals surface area contributed by atoms with Crippen LogP contribution in [0.3, 0.4) is 0 Å². The van der Waals surface area contributed by atoms with Gasteiger partial charge >= 0.3 is 0 Å². The van der Waals surface area contributed by atoms with Gasteiger partial charge in [0.2, 0.25) is 0 Å². The lowest BCUT2D eigenvalue weighted by atomic mass is 9.85. The minimum atomic E-state index is -0.401. The Labute approximate surface area is 768 Å². The van der Waals surface area contributed by atoms with Crippen LogP contribution in [0, 0.1) is 0 Å². The van der Waals surface area contributed by atoms with Gasteiger partial charge in [-0.05, 0) is 223 Å². The highest BCUT2D eigenvalue weighted by Crippen LogP contribution is 2.52. The van der Waals surface area contributed by atoms with Crippen molar-refractivity contribution in [2.75, 3.05) is 0 Å². The molecule has 0 amide bonds. The number of hydrogen-bond donors (Lipinski definition) is 0. The molecule has 0 atom stereocenters. The van der Waals surface area contributed by atoms with Gasteiger partial charge in [-0.25, -0.2) is 0 Å². The fraction of sp³-hybridized carbons (Fsp3) is 0.0317. The lowest BCUT2D eigenvalue weighted by molar-refractivity contribution is 0.573. The highest BCUT2D eigenvalue weighted by Gasteiger charge is 2.26. The first kappa shape index (κ1) is 61.8. The van der Waals surface area contributed by atoms with Crippen LogP contribution in [0.2, 0.25) is 0 Å². The predicted molar refractivity (Wildman–Crippen MR) is 549 cm³/mol. The lowest BCUT2D eigenvalue weighted by Gasteiger charge is -2.18. The Morgan fingerprint density at radius 3 is 0.899 bits per heavy atom. The summed E-state index contributed by atoms with van der Waals surface area (Å²) in [7, 11) is 0. The molecule has 0 N–H and O–H groups in total. The van der Waals surface area contributed by atoms with E-state index in [-0.39, 0.29) is 94.6 Å². The van der Waals surface area contributed by atoms with Crippen LogP contribution in [0.15, 0.2) is 468 Å². The first-order chi connectivity index (χ1) is 69.9. The molecule has 26 aromatic rings. The predicted octanol–water partition coefficient (Wildman–Crippen LogP) is 36.3. The number of para-hydroxylation sites is 3. The molecule has 0 bridgehead atoms. The molecule has 0 saturated carbocycles. The maximum absolute atomic E-state index is 8.87. The molecular weight excluding hydrogens is 1560 g/mol. The summed E-state index contributed by atoms with van der Waals surface area (Å²) in [6.07, 6.45) is 0. The average molecular weight is 1660 g/mol. The van der Waals surface area contributed by atoms with Crippen LogP contribution in [0.4, 0.5) is 0 Å². The van der Waals surface area contributed by atoms with Crippen molar-refractivity contribution in [3.8, 4) is 100 Å². The average Bonchev–Trinajstić information content (AvgIpc) is 0.996. The normalized spacial score (nSPS) is 13.5. The summed E-state index contributed by atoms with van der Waals surface area (Å²) in [6, 6.07) is 119. The highest BCUT2D eigenvalue weighted by atomic mass is 16.3. The van der Waals surface area contributed by atoms with Crippen molar-refractivity contribution in [3.63, 3.8) is 0 Å². The summed E-state index contributed by atoms with van der Waals surface area (Å²) in [5.74, 6) is 0. The van der Waals surface area contributed by atoms with Crippen molar-refractivity contribution >= 4 is 152 Å². The van der Waals surface area contributed by atoms with E-state index in [0.717, 1.165) is 203 Å². The number of hydrogen-bond acceptors (Lipinski definition) is 3. The molecule has 3 nitrogen and oxygen atoms in total. The Kier molecular flexibility index (Phi) is 15.0. The highest BCUT2D eigenvalue weighted by molar-refractivity contribution is 6.27. The van der Waals surface area contributed by atoms with Crippen LogP contribution in [0.25, 0.3) is 252 Å². The monoisotopic (exact) mass is 1660 g/mol. The Hall–Kier alpha value is -16.5. The van der Waals surface area contributed by atoms with E-state index in [0.29, 0.717) is 16.7 Å². The van der Waals surface area contributed by atoms with Crippen molar-refractivity contribution in [2.24, 2.45) is 0 Å². The van der Waals surface area contributed by atoms with Crippen molar-refractivity contribution in [1.29, 1.82) is 0 Å². The van der Waals surface area contributed by atoms with Gasteiger partial charge < -0.3 is 13.3 Å². The number of benzene rings is 23. The molecule has 0 saturated heterocycles. The van der Waals surface area contributed by atoms with Crippen molar-refractivity contribution in [2.45, 2.75) is 26.2 Å². The topological polar surface area (TPSA) is 39.4 Å². The largest absolute Gasteiger partial charge is 0.456 e. The lowest BCUT2D eigenvalue weighted by Crippen LogP contribution is -2.10. The van der Waals surface area contributed by atoms with Crippen LogP contribution in [0.5, 0.6) is 0 Å².